The molecule has 1 atom stereocenters. The molecule has 6 nitrogen and oxygen atoms in total. The third kappa shape index (κ3) is 7.01. The van der Waals surface area contributed by atoms with Crippen LogP contribution in [-0.4, -0.2) is 46.9 Å². The van der Waals surface area contributed by atoms with E-state index in [0.717, 1.165) is 10.6 Å². The number of amides is 2. The molecule has 0 bridgehead atoms. The van der Waals surface area contributed by atoms with Crippen LogP contribution >= 0.6 is 35.0 Å². The zero-order valence-electron chi connectivity index (χ0n) is 18.7. The molecule has 0 aliphatic carbocycles. The smallest absolute Gasteiger partial charge is 0.325 e. The van der Waals surface area contributed by atoms with Gasteiger partial charge in [0.15, 0.2) is 0 Å². The molecule has 2 aromatic carbocycles. The number of hydrogen-bond donors (Lipinski definition) is 2. The number of carbonyl (C=O) groups is 3. The van der Waals surface area contributed by atoms with Crippen molar-refractivity contribution < 1.29 is 19.5 Å². The van der Waals surface area contributed by atoms with E-state index in [1.54, 1.807) is 22.7 Å². The summed E-state index contributed by atoms with van der Waals surface area (Å²) in [5.41, 5.74) is 1.84. The quantitative estimate of drug-likeness (QED) is 0.372. The van der Waals surface area contributed by atoms with Crippen molar-refractivity contribution in [3.63, 3.8) is 0 Å². The van der Waals surface area contributed by atoms with E-state index in [0.29, 0.717) is 41.5 Å². The van der Waals surface area contributed by atoms with E-state index in [1.807, 2.05) is 30.3 Å². The van der Waals surface area contributed by atoms with E-state index in [1.165, 1.54) is 18.6 Å². The molecule has 9 heteroatoms. The Morgan fingerprint density at radius 2 is 1.79 bits per heavy atom. The Hall–Kier alpha value is -2.48. The van der Waals surface area contributed by atoms with Gasteiger partial charge in [0.25, 0.3) is 0 Å². The van der Waals surface area contributed by atoms with Crippen molar-refractivity contribution in [2.45, 2.75) is 36.5 Å². The second-order valence-corrected chi connectivity index (χ2v) is 9.83. The summed E-state index contributed by atoms with van der Waals surface area (Å²) in [5.74, 6) is -1.07. The average molecular weight is 521 g/mol. The average Bonchev–Trinajstić information content (AvgIpc) is 2.84. The highest BCUT2D eigenvalue weighted by molar-refractivity contribution is 7.98. The second-order valence-electron chi connectivity index (χ2n) is 8.06. The minimum absolute atomic E-state index is 0.174. The zero-order valence-corrected chi connectivity index (χ0v) is 21.0. The summed E-state index contributed by atoms with van der Waals surface area (Å²) in [6.45, 7) is 2.27. The van der Waals surface area contributed by atoms with Crippen LogP contribution in [0.25, 0.3) is 6.08 Å². The molecule has 0 radical (unpaired) electrons. The normalized spacial score (nSPS) is 15.3. The monoisotopic (exact) mass is 520 g/mol. The van der Waals surface area contributed by atoms with E-state index in [-0.39, 0.29) is 17.7 Å². The largest absolute Gasteiger partial charge is 0.480 e. The fourth-order valence-corrected chi connectivity index (χ4v) is 5.07. The lowest BCUT2D eigenvalue weighted by molar-refractivity contribution is -0.142. The van der Waals surface area contributed by atoms with Crippen LogP contribution in [0.3, 0.4) is 0 Å². The molecular formula is C25H26Cl2N2O4S. The Balaban J connectivity index is 1.54. The predicted molar refractivity (Wildman–Crippen MR) is 136 cm³/mol. The van der Waals surface area contributed by atoms with Crippen LogP contribution in [0.4, 0.5) is 0 Å². The number of carbonyl (C=O) groups excluding carboxylic acids is 2. The number of halogens is 2. The second kappa shape index (κ2) is 12.3. The van der Waals surface area contributed by atoms with Crippen LogP contribution in [0.2, 0.25) is 10.0 Å². The summed E-state index contributed by atoms with van der Waals surface area (Å²) >= 11 is 14.5. The molecule has 2 N–H and O–H groups in total. The molecule has 0 spiro atoms. The maximum atomic E-state index is 12.6. The molecule has 1 aliphatic heterocycles. The maximum Gasteiger partial charge on any atom is 0.325 e. The standard InChI is InChI=1S/C25H26Cl2N2O4S/c1-16(25(32)33)28-24(31)19-11-13-29(14-12-19)21(30)10-8-18-7-9-20(23(27)22(18)26)34-15-17-5-3-2-4-6-17/h2-10,16,19H,11-15H2,1H3,(H,28,31)(H,32,33)/b10-8+. The lowest BCUT2D eigenvalue weighted by atomic mass is 9.95. The summed E-state index contributed by atoms with van der Waals surface area (Å²) in [4.78, 5) is 38.3. The molecule has 1 unspecified atom stereocenters. The number of benzene rings is 2. The molecule has 1 saturated heterocycles. The van der Waals surface area contributed by atoms with Crippen molar-refractivity contribution in [1.29, 1.82) is 0 Å². The first-order valence-corrected chi connectivity index (χ1v) is 12.6. The predicted octanol–water partition coefficient (Wildman–Crippen LogP) is 5.13. The molecule has 2 aromatic rings. The molecule has 1 fully saturated rings. The van der Waals surface area contributed by atoms with Gasteiger partial charge in [0.2, 0.25) is 11.8 Å². The molecule has 3 rings (SSSR count). The van der Waals surface area contributed by atoms with Gasteiger partial charge in [-0.15, -0.1) is 11.8 Å². The minimum atomic E-state index is -1.08. The summed E-state index contributed by atoms with van der Waals surface area (Å²) in [5, 5.41) is 12.3. The van der Waals surface area contributed by atoms with Gasteiger partial charge in [0.1, 0.15) is 6.04 Å². The van der Waals surface area contributed by atoms with Gasteiger partial charge in [-0.3, -0.25) is 14.4 Å². The van der Waals surface area contributed by atoms with Crippen LogP contribution in [0.5, 0.6) is 0 Å². The zero-order chi connectivity index (χ0) is 24.7. The van der Waals surface area contributed by atoms with Crippen molar-refractivity contribution in [1.82, 2.24) is 10.2 Å². The van der Waals surface area contributed by atoms with Gasteiger partial charge in [-0.1, -0.05) is 59.6 Å². The number of carboxylic acids is 1. The van der Waals surface area contributed by atoms with Crippen molar-refractivity contribution in [2.24, 2.45) is 5.92 Å². The van der Waals surface area contributed by atoms with Gasteiger partial charge in [0.05, 0.1) is 10.0 Å². The van der Waals surface area contributed by atoms with Gasteiger partial charge in [0, 0.05) is 35.7 Å². The number of carboxylic acid groups (broad SMARTS) is 1. The van der Waals surface area contributed by atoms with Crippen LogP contribution in [0.1, 0.15) is 30.9 Å². The van der Waals surface area contributed by atoms with Crippen LogP contribution in [-0.2, 0) is 20.1 Å². The summed E-state index contributed by atoms with van der Waals surface area (Å²) in [7, 11) is 0. The molecule has 0 aromatic heterocycles. The van der Waals surface area contributed by atoms with E-state index in [9.17, 15) is 14.4 Å². The van der Waals surface area contributed by atoms with Gasteiger partial charge in [-0.05, 0) is 43.0 Å². The Morgan fingerprint density at radius 3 is 2.44 bits per heavy atom. The van der Waals surface area contributed by atoms with E-state index in [2.05, 4.69) is 17.4 Å². The molecule has 180 valence electrons. The molecule has 1 heterocycles. The minimum Gasteiger partial charge on any atom is -0.480 e. The van der Waals surface area contributed by atoms with Gasteiger partial charge in [-0.25, -0.2) is 0 Å². The highest BCUT2D eigenvalue weighted by atomic mass is 35.5. The Bertz CT molecular complexity index is 1070. The number of rotatable bonds is 8. The first-order valence-electron chi connectivity index (χ1n) is 10.9. The Kier molecular flexibility index (Phi) is 9.45. The summed E-state index contributed by atoms with van der Waals surface area (Å²) < 4.78 is 0. The number of nitrogens with one attached hydrogen (secondary N) is 1. The van der Waals surface area contributed by atoms with Gasteiger partial charge < -0.3 is 15.3 Å². The number of aliphatic carboxylic acids is 1. The summed E-state index contributed by atoms with van der Waals surface area (Å²) in [6, 6.07) is 12.9. The number of likely N-dealkylation sites (tertiary alicyclic amines) is 1. The third-order valence-electron chi connectivity index (χ3n) is 5.63. The molecule has 34 heavy (non-hydrogen) atoms. The first-order chi connectivity index (χ1) is 16.3. The van der Waals surface area contributed by atoms with E-state index >= 15 is 0 Å². The lowest BCUT2D eigenvalue weighted by Crippen LogP contribution is -2.46. The topological polar surface area (TPSA) is 86.7 Å². The SMILES string of the molecule is CC(NC(=O)C1CCN(C(=O)/C=C/c2ccc(SCc3ccccc3)c(Cl)c2Cl)CC1)C(=O)O. The fourth-order valence-electron chi connectivity index (χ4n) is 3.54. The van der Waals surface area contributed by atoms with Crippen LogP contribution in [0.15, 0.2) is 53.4 Å². The Labute approximate surface area is 213 Å². The third-order valence-corrected chi connectivity index (χ3v) is 7.76. The van der Waals surface area contributed by atoms with Gasteiger partial charge >= 0.3 is 5.97 Å². The maximum absolute atomic E-state index is 12.6. The molecule has 1 aliphatic rings. The van der Waals surface area contributed by atoms with E-state index < -0.39 is 12.0 Å². The highest BCUT2D eigenvalue weighted by Crippen LogP contribution is 2.37. The van der Waals surface area contributed by atoms with Crippen LogP contribution in [0, 0.1) is 5.92 Å². The number of hydrogen-bond acceptors (Lipinski definition) is 4. The van der Waals surface area contributed by atoms with Crippen molar-refractivity contribution in [3.8, 4) is 0 Å². The van der Waals surface area contributed by atoms with Crippen molar-refractivity contribution in [3.05, 3.63) is 69.7 Å². The molecule has 0 saturated carbocycles. The van der Waals surface area contributed by atoms with E-state index in [4.69, 9.17) is 28.3 Å². The first kappa shape index (κ1) is 26.1. The fraction of sp³-hybridized carbons (Fsp3) is 0.320. The Morgan fingerprint density at radius 1 is 1.12 bits per heavy atom. The van der Waals surface area contributed by atoms with Crippen molar-refractivity contribution in [2.75, 3.05) is 13.1 Å². The number of nitrogens with zero attached hydrogens (tertiary/aromatic N) is 1. The highest BCUT2D eigenvalue weighted by Gasteiger charge is 2.28. The molecular weight excluding hydrogens is 495 g/mol. The number of piperidine rings is 1. The van der Waals surface area contributed by atoms with Crippen molar-refractivity contribution >= 4 is 58.8 Å². The van der Waals surface area contributed by atoms with Gasteiger partial charge in [-0.2, -0.15) is 0 Å². The summed E-state index contributed by atoms with van der Waals surface area (Å²) in [6.07, 6.45) is 4.08. The van der Waals surface area contributed by atoms with Crippen LogP contribution < -0.4 is 5.32 Å². The number of thioether (sulfide) groups is 1. The molecule has 2 amide bonds. The lowest BCUT2D eigenvalue weighted by Gasteiger charge is -2.31.